The number of ether oxygens (including phenoxy) is 1. The maximum atomic E-state index is 12.4. The van der Waals surface area contributed by atoms with Gasteiger partial charge in [-0.1, -0.05) is 48.5 Å². The molecule has 2 aromatic rings. The van der Waals surface area contributed by atoms with E-state index in [1.165, 1.54) is 0 Å². The van der Waals surface area contributed by atoms with Gasteiger partial charge in [-0.2, -0.15) is 0 Å². The molecule has 2 amide bonds. The molecule has 0 aromatic heterocycles. The molecule has 0 aliphatic carbocycles. The van der Waals surface area contributed by atoms with Gasteiger partial charge in [0.25, 0.3) is 5.91 Å². The smallest absolute Gasteiger partial charge is 0.409 e. The first-order valence-electron chi connectivity index (χ1n) is 7.66. The fourth-order valence-electron chi connectivity index (χ4n) is 2.47. The van der Waals surface area contributed by atoms with Crippen molar-refractivity contribution in [2.75, 3.05) is 11.9 Å². The first-order chi connectivity index (χ1) is 11.7. The number of para-hydroxylation sites is 1. The summed E-state index contributed by atoms with van der Waals surface area (Å²) in [7, 11) is 0. The zero-order valence-corrected chi connectivity index (χ0v) is 13.2. The SMILES string of the molecule is CCOC(=O)NC1N=C(c2ccccc2)c2ccccc2NC1=O. The van der Waals surface area contributed by atoms with E-state index in [1.807, 2.05) is 48.5 Å². The number of rotatable bonds is 3. The number of anilines is 1. The quantitative estimate of drug-likeness (QED) is 0.911. The Morgan fingerprint density at radius 1 is 1.17 bits per heavy atom. The summed E-state index contributed by atoms with van der Waals surface area (Å²) in [6, 6.07) is 16.9. The summed E-state index contributed by atoms with van der Waals surface area (Å²) in [5.41, 5.74) is 2.94. The third kappa shape index (κ3) is 3.27. The number of benzodiazepines with no additional fused rings is 1. The lowest BCUT2D eigenvalue weighted by Gasteiger charge is -2.12. The predicted molar refractivity (Wildman–Crippen MR) is 91.1 cm³/mol. The Bertz CT molecular complexity index is 787. The van der Waals surface area contributed by atoms with E-state index in [0.29, 0.717) is 11.4 Å². The normalized spacial score (nSPS) is 16.3. The topological polar surface area (TPSA) is 79.8 Å². The molecule has 0 radical (unpaired) electrons. The van der Waals surface area contributed by atoms with Gasteiger partial charge in [-0.15, -0.1) is 0 Å². The minimum atomic E-state index is -1.06. The molecule has 6 heteroatoms. The second-order valence-corrected chi connectivity index (χ2v) is 5.15. The van der Waals surface area contributed by atoms with Crippen molar-refractivity contribution in [3.05, 3.63) is 65.7 Å². The number of hydrogen-bond acceptors (Lipinski definition) is 4. The van der Waals surface area contributed by atoms with Crippen molar-refractivity contribution in [3.8, 4) is 0 Å². The first kappa shape index (κ1) is 15.7. The standard InChI is InChI=1S/C18H17N3O3/c1-2-24-18(23)21-16-17(22)19-14-11-7-6-10-13(14)15(20-16)12-8-4-3-5-9-12/h3-11,16H,2H2,1H3,(H,19,22)(H,21,23). The average Bonchev–Trinajstić information content (AvgIpc) is 2.73. The van der Waals surface area contributed by atoms with Gasteiger partial charge in [-0.25, -0.2) is 9.79 Å². The molecule has 0 saturated carbocycles. The minimum Gasteiger partial charge on any atom is -0.450 e. The van der Waals surface area contributed by atoms with E-state index in [4.69, 9.17) is 4.74 Å². The Hall–Kier alpha value is -3.15. The molecule has 2 N–H and O–H groups in total. The van der Waals surface area contributed by atoms with Gasteiger partial charge >= 0.3 is 6.09 Å². The zero-order valence-electron chi connectivity index (χ0n) is 13.2. The van der Waals surface area contributed by atoms with Gasteiger partial charge in [-0.05, 0) is 13.0 Å². The number of nitrogens with one attached hydrogen (secondary N) is 2. The van der Waals surface area contributed by atoms with Crippen LogP contribution in [0.5, 0.6) is 0 Å². The van der Waals surface area contributed by atoms with Gasteiger partial charge in [0, 0.05) is 11.1 Å². The molecular weight excluding hydrogens is 306 g/mol. The lowest BCUT2D eigenvalue weighted by molar-refractivity contribution is -0.117. The van der Waals surface area contributed by atoms with Gasteiger partial charge in [0.05, 0.1) is 18.0 Å². The van der Waals surface area contributed by atoms with Gasteiger partial charge in [0.2, 0.25) is 6.17 Å². The molecule has 0 fully saturated rings. The fraction of sp³-hybridized carbons (Fsp3) is 0.167. The molecule has 0 spiro atoms. The summed E-state index contributed by atoms with van der Waals surface area (Å²) in [5.74, 6) is -0.415. The van der Waals surface area contributed by atoms with Crippen LogP contribution in [0, 0.1) is 0 Å². The van der Waals surface area contributed by atoms with Crippen LogP contribution < -0.4 is 10.6 Å². The van der Waals surface area contributed by atoms with Crippen LogP contribution in [-0.2, 0) is 9.53 Å². The monoisotopic (exact) mass is 323 g/mol. The number of alkyl carbamates (subject to hydrolysis) is 1. The van der Waals surface area contributed by atoms with Crippen molar-refractivity contribution in [3.63, 3.8) is 0 Å². The Morgan fingerprint density at radius 2 is 1.88 bits per heavy atom. The van der Waals surface area contributed by atoms with Crippen LogP contribution >= 0.6 is 0 Å². The van der Waals surface area contributed by atoms with Crippen molar-refractivity contribution in [2.24, 2.45) is 4.99 Å². The largest absolute Gasteiger partial charge is 0.450 e. The van der Waals surface area contributed by atoms with Crippen LogP contribution in [0.1, 0.15) is 18.1 Å². The highest BCUT2D eigenvalue weighted by molar-refractivity contribution is 6.19. The van der Waals surface area contributed by atoms with Crippen LogP contribution in [-0.4, -0.2) is 30.5 Å². The Labute approximate surface area is 139 Å². The summed E-state index contributed by atoms with van der Waals surface area (Å²) in [5, 5.41) is 5.28. The number of carbonyl (C=O) groups excluding carboxylic acids is 2. The van der Waals surface area contributed by atoms with Gasteiger partial charge in [-0.3, -0.25) is 10.1 Å². The van der Waals surface area contributed by atoms with E-state index in [0.717, 1.165) is 11.1 Å². The van der Waals surface area contributed by atoms with Crippen LogP contribution in [0.4, 0.5) is 10.5 Å². The van der Waals surface area contributed by atoms with Crippen LogP contribution in [0.3, 0.4) is 0 Å². The molecule has 0 saturated heterocycles. The molecule has 24 heavy (non-hydrogen) atoms. The third-order valence-electron chi connectivity index (χ3n) is 3.52. The molecule has 2 aromatic carbocycles. The molecule has 1 aliphatic rings. The predicted octanol–water partition coefficient (Wildman–Crippen LogP) is 2.55. The van der Waals surface area contributed by atoms with Gasteiger partial charge < -0.3 is 10.1 Å². The number of amides is 2. The third-order valence-corrected chi connectivity index (χ3v) is 3.52. The number of carbonyl (C=O) groups is 2. The number of aliphatic imine (C=N–C) groups is 1. The lowest BCUT2D eigenvalue weighted by atomic mass is 10.0. The molecular formula is C18H17N3O3. The summed E-state index contributed by atoms with van der Waals surface area (Å²) in [6.07, 6.45) is -1.74. The summed E-state index contributed by atoms with van der Waals surface area (Å²) in [6.45, 7) is 1.91. The van der Waals surface area contributed by atoms with Crippen LogP contribution in [0.15, 0.2) is 59.6 Å². The average molecular weight is 323 g/mol. The highest BCUT2D eigenvalue weighted by Crippen LogP contribution is 2.23. The van der Waals surface area contributed by atoms with Crippen LogP contribution in [0.25, 0.3) is 0 Å². The molecule has 0 bridgehead atoms. The van der Waals surface area contributed by atoms with E-state index in [1.54, 1.807) is 13.0 Å². The summed E-state index contributed by atoms with van der Waals surface area (Å²) in [4.78, 5) is 28.6. The Kier molecular flexibility index (Phi) is 4.56. The molecule has 6 nitrogen and oxygen atoms in total. The van der Waals surface area contributed by atoms with Gasteiger partial charge in [0.15, 0.2) is 0 Å². The summed E-state index contributed by atoms with van der Waals surface area (Å²) < 4.78 is 4.85. The molecule has 1 unspecified atom stereocenters. The molecule has 122 valence electrons. The van der Waals surface area contributed by atoms with E-state index >= 15 is 0 Å². The molecule has 1 aliphatic heterocycles. The Morgan fingerprint density at radius 3 is 2.62 bits per heavy atom. The lowest BCUT2D eigenvalue weighted by Crippen LogP contribution is -2.42. The molecule has 3 rings (SSSR count). The minimum absolute atomic E-state index is 0.218. The van der Waals surface area contributed by atoms with E-state index in [2.05, 4.69) is 15.6 Å². The van der Waals surface area contributed by atoms with E-state index in [-0.39, 0.29) is 6.61 Å². The van der Waals surface area contributed by atoms with Crippen LogP contribution in [0.2, 0.25) is 0 Å². The highest BCUT2D eigenvalue weighted by Gasteiger charge is 2.27. The number of nitrogens with zero attached hydrogens (tertiary/aromatic N) is 1. The van der Waals surface area contributed by atoms with E-state index in [9.17, 15) is 9.59 Å². The maximum Gasteiger partial charge on any atom is 0.409 e. The number of fused-ring (bicyclic) bond motifs is 1. The van der Waals surface area contributed by atoms with Crippen molar-refractivity contribution in [1.29, 1.82) is 0 Å². The molecule has 1 atom stereocenters. The second kappa shape index (κ2) is 6.95. The zero-order chi connectivity index (χ0) is 16.9. The fourth-order valence-corrected chi connectivity index (χ4v) is 2.47. The van der Waals surface area contributed by atoms with Crippen molar-refractivity contribution >= 4 is 23.4 Å². The number of hydrogen-bond donors (Lipinski definition) is 2. The first-order valence-corrected chi connectivity index (χ1v) is 7.66. The van der Waals surface area contributed by atoms with Crippen molar-refractivity contribution in [2.45, 2.75) is 13.1 Å². The highest BCUT2D eigenvalue weighted by atomic mass is 16.5. The van der Waals surface area contributed by atoms with Crippen molar-refractivity contribution in [1.82, 2.24) is 5.32 Å². The second-order valence-electron chi connectivity index (χ2n) is 5.15. The maximum absolute atomic E-state index is 12.4. The number of benzene rings is 2. The van der Waals surface area contributed by atoms with Crippen molar-refractivity contribution < 1.29 is 14.3 Å². The van der Waals surface area contributed by atoms with Gasteiger partial charge in [0.1, 0.15) is 0 Å². The summed E-state index contributed by atoms with van der Waals surface area (Å²) >= 11 is 0. The Balaban J connectivity index is 2.05. The van der Waals surface area contributed by atoms with E-state index < -0.39 is 18.2 Å². The molecule has 1 heterocycles.